The van der Waals surface area contributed by atoms with Crippen LogP contribution in [0.25, 0.3) is 0 Å². The molecule has 46 heavy (non-hydrogen) atoms. The summed E-state index contributed by atoms with van der Waals surface area (Å²) in [5, 5.41) is 18.3. The predicted octanol–water partition coefficient (Wildman–Crippen LogP) is 4.41. The number of carbonyl (C=O) groups is 4. The maximum Gasteiger partial charge on any atom is 0.490 e. The third kappa shape index (κ3) is 8.28. The van der Waals surface area contributed by atoms with E-state index >= 15 is 4.39 Å². The maximum absolute atomic E-state index is 15.5. The number of nitrogen functional groups attached to an aromatic ring is 1. The van der Waals surface area contributed by atoms with Gasteiger partial charge in [0.05, 0.1) is 23.8 Å². The van der Waals surface area contributed by atoms with Crippen molar-refractivity contribution in [2.75, 3.05) is 11.9 Å². The van der Waals surface area contributed by atoms with Crippen molar-refractivity contribution >= 4 is 35.2 Å². The van der Waals surface area contributed by atoms with Gasteiger partial charge in [-0.25, -0.2) is 9.18 Å². The number of fused-ring (bicyclic) bond motifs is 1. The molecule has 0 fully saturated rings. The molecule has 12 nitrogen and oxygen atoms in total. The lowest BCUT2D eigenvalue weighted by atomic mass is 10.0. The summed E-state index contributed by atoms with van der Waals surface area (Å²) < 4.78 is 58.6. The Hall–Kier alpha value is -5.67. The molecule has 0 spiro atoms. The minimum atomic E-state index is -5.08. The number of hydrogen-bond donors (Lipinski definition) is 5. The zero-order chi connectivity index (χ0) is 34.3. The number of amidine groups is 1. The Kier molecular flexibility index (Phi) is 10.9. The molecule has 1 aliphatic rings. The number of nitrogens with one attached hydrogen (secondary N) is 3. The highest BCUT2D eigenvalue weighted by atomic mass is 19.4. The molecule has 244 valence electrons. The van der Waals surface area contributed by atoms with E-state index in [9.17, 15) is 27.6 Å². The van der Waals surface area contributed by atoms with Gasteiger partial charge in [0.2, 0.25) is 0 Å². The van der Waals surface area contributed by atoms with E-state index in [2.05, 4.69) is 10.7 Å². The van der Waals surface area contributed by atoms with E-state index < -0.39 is 41.7 Å². The van der Waals surface area contributed by atoms with E-state index in [1.807, 2.05) is 0 Å². The summed E-state index contributed by atoms with van der Waals surface area (Å²) in [7, 11) is 0. The van der Waals surface area contributed by atoms with Crippen molar-refractivity contribution in [3.8, 4) is 11.5 Å². The SMILES string of the molecule is CCOc1cc(C(Nc2ccc(C(=N)N)cc2)C(=O)NN2C(=O)c3ccccc3C2=O)c(F)cc1OC(C)C.O=C(O)C(F)(F)F. The molecule has 16 heteroatoms. The highest BCUT2D eigenvalue weighted by molar-refractivity contribution is 6.21. The number of carboxylic acids is 1. The van der Waals surface area contributed by atoms with Gasteiger partial charge in [0.1, 0.15) is 17.7 Å². The van der Waals surface area contributed by atoms with Crippen LogP contribution in [-0.2, 0) is 9.59 Å². The minimum absolute atomic E-state index is 0.112. The van der Waals surface area contributed by atoms with Crippen LogP contribution in [0.15, 0.2) is 60.7 Å². The van der Waals surface area contributed by atoms with Gasteiger partial charge in [-0.2, -0.15) is 18.2 Å². The molecule has 3 aromatic rings. The maximum atomic E-state index is 15.5. The highest BCUT2D eigenvalue weighted by Gasteiger charge is 2.39. The number of imide groups is 1. The molecule has 3 aromatic carbocycles. The number of hydrazine groups is 1. The van der Waals surface area contributed by atoms with Crippen LogP contribution in [0.5, 0.6) is 11.5 Å². The number of carboxylic acid groups (broad SMARTS) is 1. The van der Waals surface area contributed by atoms with E-state index in [0.717, 1.165) is 6.07 Å². The number of amides is 3. The number of rotatable bonds is 10. The van der Waals surface area contributed by atoms with E-state index in [4.69, 9.17) is 30.5 Å². The van der Waals surface area contributed by atoms with Crippen LogP contribution in [0.1, 0.15) is 58.7 Å². The summed E-state index contributed by atoms with van der Waals surface area (Å²) in [5.41, 5.74) is 8.89. The molecule has 1 aliphatic heterocycles. The van der Waals surface area contributed by atoms with Crippen molar-refractivity contribution in [2.45, 2.75) is 39.1 Å². The number of aliphatic carboxylic acids is 1. The number of nitrogens with two attached hydrogens (primary N) is 1. The number of ether oxygens (including phenoxy) is 2. The van der Waals surface area contributed by atoms with Crippen molar-refractivity contribution in [3.05, 3.63) is 88.7 Å². The van der Waals surface area contributed by atoms with Crippen LogP contribution >= 0.6 is 0 Å². The molecular formula is C30H29F4N5O7. The van der Waals surface area contributed by atoms with Crippen LogP contribution in [0.3, 0.4) is 0 Å². The Balaban J connectivity index is 0.000000738. The van der Waals surface area contributed by atoms with Crippen LogP contribution in [-0.4, -0.2) is 58.5 Å². The monoisotopic (exact) mass is 647 g/mol. The third-order valence-corrected chi connectivity index (χ3v) is 6.06. The topological polar surface area (TPSA) is 184 Å². The van der Waals surface area contributed by atoms with Crippen molar-refractivity contribution in [1.29, 1.82) is 5.41 Å². The summed E-state index contributed by atoms with van der Waals surface area (Å²) >= 11 is 0. The second-order valence-electron chi connectivity index (χ2n) is 9.76. The lowest BCUT2D eigenvalue weighted by Crippen LogP contribution is -2.48. The number of benzene rings is 3. The van der Waals surface area contributed by atoms with Crippen molar-refractivity contribution in [1.82, 2.24) is 10.4 Å². The average molecular weight is 648 g/mol. The molecule has 1 unspecified atom stereocenters. The molecule has 0 saturated carbocycles. The predicted molar refractivity (Wildman–Crippen MR) is 156 cm³/mol. The Bertz CT molecular complexity index is 1610. The number of hydrogen-bond acceptors (Lipinski definition) is 8. The molecule has 0 saturated heterocycles. The first kappa shape index (κ1) is 34.8. The molecule has 4 rings (SSSR count). The van der Waals surface area contributed by atoms with Gasteiger partial charge in [-0.05, 0) is 63.2 Å². The van der Waals surface area contributed by atoms with Crippen LogP contribution in [0.4, 0.5) is 23.2 Å². The first-order valence-corrected chi connectivity index (χ1v) is 13.5. The summed E-state index contributed by atoms with van der Waals surface area (Å²) in [5.74, 6) is -5.58. The van der Waals surface area contributed by atoms with Crippen molar-refractivity contribution in [2.24, 2.45) is 5.73 Å². The zero-order valence-electron chi connectivity index (χ0n) is 24.6. The van der Waals surface area contributed by atoms with Gasteiger partial charge in [0.15, 0.2) is 11.5 Å². The Labute approximate surface area is 259 Å². The van der Waals surface area contributed by atoms with Gasteiger partial charge in [-0.3, -0.25) is 25.2 Å². The second kappa shape index (κ2) is 14.4. The Morgan fingerprint density at radius 2 is 1.54 bits per heavy atom. The minimum Gasteiger partial charge on any atom is -0.490 e. The van der Waals surface area contributed by atoms with Gasteiger partial charge in [-0.15, -0.1) is 0 Å². The first-order valence-electron chi connectivity index (χ1n) is 13.5. The average Bonchev–Trinajstić information content (AvgIpc) is 3.22. The summed E-state index contributed by atoms with van der Waals surface area (Å²) in [6.45, 7) is 5.58. The quantitative estimate of drug-likeness (QED) is 0.0921. The largest absolute Gasteiger partial charge is 0.490 e. The number of halogens is 4. The van der Waals surface area contributed by atoms with Crippen LogP contribution in [0.2, 0.25) is 0 Å². The molecule has 1 heterocycles. The fourth-order valence-corrected chi connectivity index (χ4v) is 4.05. The molecule has 0 bridgehead atoms. The fraction of sp³-hybridized carbons (Fsp3) is 0.233. The number of anilines is 1. The fourth-order valence-electron chi connectivity index (χ4n) is 4.05. The second-order valence-corrected chi connectivity index (χ2v) is 9.76. The van der Waals surface area contributed by atoms with Crippen LogP contribution < -0.4 is 25.9 Å². The number of alkyl halides is 3. The van der Waals surface area contributed by atoms with Crippen LogP contribution in [0, 0.1) is 11.2 Å². The van der Waals surface area contributed by atoms with Crippen molar-refractivity contribution < 1.29 is 51.3 Å². The molecule has 1 atom stereocenters. The van der Waals surface area contributed by atoms with E-state index in [1.54, 1.807) is 57.2 Å². The third-order valence-electron chi connectivity index (χ3n) is 6.06. The standard InChI is InChI=1S/C28H28FN5O5.C2HF3O2/c1-4-38-22-13-20(21(29)14-23(22)39-15(2)3)24(32-17-11-9-16(10-12-17)25(30)31)26(35)33-34-27(36)18-7-5-6-8-19(18)28(34)37;3-2(4,5)1(6)7/h5-15,24,32H,4H2,1-3H3,(H3,30,31)(H,33,35);(H,6,7). The van der Waals surface area contributed by atoms with Gasteiger partial charge in [-0.1, -0.05) is 12.1 Å². The van der Waals surface area contributed by atoms with Gasteiger partial charge in [0, 0.05) is 22.9 Å². The lowest BCUT2D eigenvalue weighted by molar-refractivity contribution is -0.192. The van der Waals surface area contributed by atoms with Gasteiger partial charge < -0.3 is 25.6 Å². The van der Waals surface area contributed by atoms with Crippen molar-refractivity contribution in [3.63, 3.8) is 0 Å². The van der Waals surface area contributed by atoms with E-state index in [1.165, 1.54) is 18.2 Å². The molecule has 3 amide bonds. The van der Waals surface area contributed by atoms with Gasteiger partial charge >= 0.3 is 12.1 Å². The normalized spacial score (nSPS) is 12.9. The highest BCUT2D eigenvalue weighted by Crippen LogP contribution is 2.35. The summed E-state index contributed by atoms with van der Waals surface area (Å²) in [4.78, 5) is 48.2. The first-order chi connectivity index (χ1) is 21.5. The summed E-state index contributed by atoms with van der Waals surface area (Å²) in [6.07, 6.45) is -5.35. The van der Waals surface area contributed by atoms with E-state index in [-0.39, 0.29) is 46.7 Å². The summed E-state index contributed by atoms with van der Waals surface area (Å²) in [6, 6.07) is 13.5. The van der Waals surface area contributed by atoms with Gasteiger partial charge in [0.25, 0.3) is 17.7 Å². The molecular weight excluding hydrogens is 618 g/mol. The number of carbonyl (C=O) groups excluding carboxylic acids is 3. The molecule has 0 aromatic heterocycles. The zero-order valence-corrected chi connectivity index (χ0v) is 24.6. The number of nitrogens with zero attached hydrogens (tertiary/aromatic N) is 1. The van der Waals surface area contributed by atoms with E-state index in [0.29, 0.717) is 16.3 Å². The molecule has 6 N–H and O–H groups in total. The lowest BCUT2D eigenvalue weighted by Gasteiger charge is -2.24. The molecule has 0 radical (unpaired) electrons. The smallest absolute Gasteiger partial charge is 0.490 e. The Morgan fingerprint density at radius 1 is 1.00 bits per heavy atom. The molecule has 0 aliphatic carbocycles. The Morgan fingerprint density at radius 3 is 2.00 bits per heavy atom.